The van der Waals surface area contributed by atoms with E-state index >= 15 is 0 Å². The highest BCUT2D eigenvalue weighted by molar-refractivity contribution is 9.10. The van der Waals surface area contributed by atoms with E-state index in [9.17, 15) is 4.79 Å². The van der Waals surface area contributed by atoms with E-state index in [1.807, 2.05) is 0 Å². The van der Waals surface area contributed by atoms with Gasteiger partial charge in [-0.1, -0.05) is 0 Å². The smallest absolute Gasteiger partial charge is 0.283 e. The van der Waals surface area contributed by atoms with E-state index in [2.05, 4.69) is 45.2 Å². The van der Waals surface area contributed by atoms with Gasteiger partial charge in [0, 0.05) is 18.6 Å². The van der Waals surface area contributed by atoms with Crippen molar-refractivity contribution >= 4 is 21.6 Å². The molecular formula is C13H21BrN4O2. The van der Waals surface area contributed by atoms with Crippen LogP contribution in [0.5, 0.6) is 0 Å². The molecule has 2 N–H and O–H groups in total. The number of aliphatic hydroxyl groups excluding tert-OH is 1. The molecule has 112 valence electrons. The second-order valence-electron chi connectivity index (χ2n) is 5.32. The Balaban J connectivity index is 2.10. The van der Waals surface area contributed by atoms with Crippen molar-refractivity contribution in [3.05, 3.63) is 21.0 Å². The van der Waals surface area contributed by atoms with Crippen molar-refractivity contribution in [1.82, 2.24) is 14.7 Å². The lowest BCUT2D eigenvalue weighted by Gasteiger charge is -2.35. The third-order valence-corrected chi connectivity index (χ3v) is 4.63. The molecule has 1 aliphatic rings. The van der Waals surface area contributed by atoms with Gasteiger partial charge in [0.2, 0.25) is 0 Å². The molecule has 2 atom stereocenters. The first kappa shape index (κ1) is 15.5. The summed E-state index contributed by atoms with van der Waals surface area (Å²) in [5, 5.41) is 16.4. The van der Waals surface area contributed by atoms with Crippen molar-refractivity contribution in [3.63, 3.8) is 0 Å². The standard InChI is InChI=1S/C13H21BrN4O2/c1-9-7-10(3-4-17(9)2)16-11-8-15-18(5-6-19)13(20)12(11)14/h8-10,16,19H,3-7H2,1-2H3. The van der Waals surface area contributed by atoms with Gasteiger partial charge in [0.15, 0.2) is 0 Å². The molecule has 0 radical (unpaired) electrons. The Morgan fingerprint density at radius 3 is 3.00 bits per heavy atom. The SMILES string of the molecule is CC1CC(Nc2cnn(CCO)c(=O)c2Br)CCN1C. The molecule has 0 saturated carbocycles. The predicted octanol–water partition coefficient (Wildman–Crippen LogP) is 0.893. The van der Waals surface area contributed by atoms with Crippen LogP contribution < -0.4 is 10.9 Å². The molecule has 2 unspecified atom stereocenters. The highest BCUT2D eigenvalue weighted by Gasteiger charge is 2.23. The summed E-state index contributed by atoms with van der Waals surface area (Å²) in [6, 6.07) is 0.884. The number of hydrogen-bond donors (Lipinski definition) is 2. The number of likely N-dealkylation sites (tertiary alicyclic amines) is 1. The molecule has 2 rings (SSSR count). The Bertz CT molecular complexity index is 520. The van der Waals surface area contributed by atoms with Crippen LogP contribution in [0.2, 0.25) is 0 Å². The zero-order valence-electron chi connectivity index (χ0n) is 11.8. The van der Waals surface area contributed by atoms with Gasteiger partial charge in [-0.15, -0.1) is 0 Å². The van der Waals surface area contributed by atoms with Crippen LogP contribution in [0.25, 0.3) is 0 Å². The minimum absolute atomic E-state index is 0.0986. The number of halogens is 1. The van der Waals surface area contributed by atoms with E-state index in [1.54, 1.807) is 6.20 Å². The quantitative estimate of drug-likeness (QED) is 0.848. The number of nitrogens with one attached hydrogen (secondary N) is 1. The first-order valence-corrected chi connectivity index (χ1v) is 7.65. The number of piperidine rings is 1. The number of hydrogen-bond acceptors (Lipinski definition) is 5. The molecule has 0 aliphatic carbocycles. The fraction of sp³-hybridized carbons (Fsp3) is 0.692. The van der Waals surface area contributed by atoms with Crippen LogP contribution in [-0.2, 0) is 6.54 Å². The van der Waals surface area contributed by atoms with Crippen molar-refractivity contribution in [1.29, 1.82) is 0 Å². The Kier molecular flexibility index (Phi) is 5.17. The summed E-state index contributed by atoms with van der Waals surface area (Å²) in [7, 11) is 2.13. The van der Waals surface area contributed by atoms with E-state index < -0.39 is 0 Å². The molecule has 6 nitrogen and oxygen atoms in total. The van der Waals surface area contributed by atoms with Crippen LogP contribution in [0.4, 0.5) is 5.69 Å². The van der Waals surface area contributed by atoms with Crippen molar-refractivity contribution < 1.29 is 5.11 Å². The summed E-state index contributed by atoms with van der Waals surface area (Å²) in [4.78, 5) is 14.4. The summed E-state index contributed by atoms with van der Waals surface area (Å²) < 4.78 is 1.74. The molecule has 0 amide bonds. The number of rotatable bonds is 4. The third-order valence-electron chi connectivity index (χ3n) is 3.86. The minimum atomic E-state index is -0.218. The molecule has 2 heterocycles. The second kappa shape index (κ2) is 6.69. The van der Waals surface area contributed by atoms with E-state index in [1.165, 1.54) is 4.68 Å². The first-order valence-electron chi connectivity index (χ1n) is 6.86. The monoisotopic (exact) mass is 344 g/mol. The van der Waals surface area contributed by atoms with E-state index in [0.29, 0.717) is 16.6 Å². The van der Waals surface area contributed by atoms with Gasteiger partial charge in [-0.3, -0.25) is 4.79 Å². The molecule has 0 aromatic carbocycles. The summed E-state index contributed by atoms with van der Waals surface area (Å²) in [5.74, 6) is 0. The van der Waals surface area contributed by atoms with Gasteiger partial charge in [0.1, 0.15) is 4.47 Å². The topological polar surface area (TPSA) is 70.4 Å². The highest BCUT2D eigenvalue weighted by Crippen LogP contribution is 2.23. The van der Waals surface area contributed by atoms with E-state index in [-0.39, 0.29) is 18.7 Å². The molecule has 0 spiro atoms. The van der Waals surface area contributed by atoms with Crippen molar-refractivity contribution in [2.24, 2.45) is 0 Å². The highest BCUT2D eigenvalue weighted by atomic mass is 79.9. The third kappa shape index (κ3) is 3.39. The maximum absolute atomic E-state index is 12.0. The molecule has 1 fully saturated rings. The van der Waals surface area contributed by atoms with Gasteiger partial charge >= 0.3 is 0 Å². The lowest BCUT2D eigenvalue weighted by Crippen LogP contribution is -2.43. The Morgan fingerprint density at radius 2 is 2.35 bits per heavy atom. The van der Waals surface area contributed by atoms with E-state index in [0.717, 1.165) is 25.1 Å². The van der Waals surface area contributed by atoms with Crippen LogP contribution in [0.1, 0.15) is 19.8 Å². The van der Waals surface area contributed by atoms with Crippen molar-refractivity contribution in [2.45, 2.75) is 38.4 Å². The minimum Gasteiger partial charge on any atom is -0.394 e. The largest absolute Gasteiger partial charge is 0.394 e. The average molecular weight is 345 g/mol. The van der Waals surface area contributed by atoms with Gasteiger partial charge < -0.3 is 15.3 Å². The predicted molar refractivity (Wildman–Crippen MR) is 82.0 cm³/mol. The number of aliphatic hydroxyl groups is 1. The molecule has 0 bridgehead atoms. The zero-order chi connectivity index (χ0) is 14.7. The van der Waals surface area contributed by atoms with Gasteiger partial charge in [-0.05, 0) is 42.7 Å². The zero-order valence-corrected chi connectivity index (χ0v) is 13.4. The van der Waals surface area contributed by atoms with Crippen LogP contribution >= 0.6 is 15.9 Å². The van der Waals surface area contributed by atoms with Gasteiger partial charge in [0.05, 0.1) is 25.0 Å². The summed E-state index contributed by atoms with van der Waals surface area (Å²) in [6.45, 7) is 3.37. The number of nitrogens with zero attached hydrogens (tertiary/aromatic N) is 3. The number of anilines is 1. The molecule has 1 aromatic rings. The maximum atomic E-state index is 12.0. The summed E-state index contributed by atoms with van der Waals surface area (Å²) >= 11 is 3.33. The average Bonchev–Trinajstić information content (AvgIpc) is 2.42. The Hall–Kier alpha value is -0.920. The van der Waals surface area contributed by atoms with Gasteiger partial charge in [-0.25, -0.2) is 4.68 Å². The van der Waals surface area contributed by atoms with Gasteiger partial charge in [0.25, 0.3) is 5.56 Å². The Labute approximate surface area is 126 Å². The van der Waals surface area contributed by atoms with Crippen LogP contribution in [0, 0.1) is 0 Å². The van der Waals surface area contributed by atoms with Crippen molar-refractivity contribution in [3.8, 4) is 0 Å². The van der Waals surface area contributed by atoms with E-state index in [4.69, 9.17) is 5.11 Å². The molecular weight excluding hydrogens is 324 g/mol. The van der Waals surface area contributed by atoms with Crippen LogP contribution in [0.15, 0.2) is 15.5 Å². The van der Waals surface area contributed by atoms with Gasteiger partial charge in [-0.2, -0.15) is 5.10 Å². The second-order valence-corrected chi connectivity index (χ2v) is 6.11. The fourth-order valence-corrected chi connectivity index (χ4v) is 2.88. The molecule has 20 heavy (non-hydrogen) atoms. The first-order chi connectivity index (χ1) is 9.52. The molecule has 7 heteroatoms. The molecule has 1 aromatic heterocycles. The summed E-state index contributed by atoms with van der Waals surface area (Å²) in [5.41, 5.74) is 0.510. The van der Waals surface area contributed by atoms with Crippen molar-refractivity contribution in [2.75, 3.05) is 25.5 Å². The lowest BCUT2D eigenvalue weighted by molar-refractivity contribution is 0.190. The number of aromatic nitrogens is 2. The Morgan fingerprint density at radius 1 is 1.60 bits per heavy atom. The van der Waals surface area contributed by atoms with Crippen LogP contribution in [0.3, 0.4) is 0 Å². The maximum Gasteiger partial charge on any atom is 0.283 e. The lowest BCUT2D eigenvalue weighted by atomic mass is 9.99. The normalized spacial score (nSPS) is 23.8. The summed E-state index contributed by atoms with van der Waals surface area (Å²) in [6.07, 6.45) is 3.74. The fourth-order valence-electron chi connectivity index (χ4n) is 2.46. The van der Waals surface area contributed by atoms with Crippen LogP contribution in [-0.4, -0.2) is 52.1 Å². The molecule has 1 saturated heterocycles. The molecule has 1 aliphatic heterocycles.